The van der Waals surface area contributed by atoms with E-state index in [1.807, 2.05) is 36.9 Å². The smallest absolute Gasteiger partial charge is 0.254 e. The third-order valence-electron chi connectivity index (χ3n) is 6.54. The molecule has 1 aromatic carbocycles. The van der Waals surface area contributed by atoms with E-state index in [1.165, 1.54) is 6.42 Å². The highest BCUT2D eigenvalue weighted by molar-refractivity contribution is 7.18. The van der Waals surface area contributed by atoms with E-state index in [-0.39, 0.29) is 23.4 Å². The predicted octanol–water partition coefficient (Wildman–Crippen LogP) is 4.39. The second-order valence-electron chi connectivity index (χ2n) is 8.28. The van der Waals surface area contributed by atoms with Gasteiger partial charge in [-0.1, -0.05) is 19.3 Å². The lowest BCUT2D eigenvalue weighted by Gasteiger charge is -2.41. The Bertz CT molecular complexity index is 900. The maximum atomic E-state index is 13.6. The van der Waals surface area contributed by atoms with Gasteiger partial charge in [0, 0.05) is 31.1 Å². The van der Waals surface area contributed by atoms with Crippen molar-refractivity contribution >= 4 is 33.4 Å². The Hall–Kier alpha value is -1.95. The van der Waals surface area contributed by atoms with Gasteiger partial charge in [-0.3, -0.25) is 9.59 Å². The number of aryl methyl sites for hydroxylation is 1. The van der Waals surface area contributed by atoms with Crippen LogP contribution in [0.2, 0.25) is 0 Å². The number of aromatic nitrogens is 1. The number of fused-ring (bicyclic) bond motifs is 1. The summed E-state index contributed by atoms with van der Waals surface area (Å²) < 4.78 is 1.07. The molecule has 1 spiro atoms. The number of likely N-dealkylation sites (N-methyl/N-ethyl adjacent to an activating group) is 1. The van der Waals surface area contributed by atoms with E-state index in [1.54, 1.807) is 18.3 Å². The second-order valence-corrected chi connectivity index (χ2v) is 9.51. The van der Waals surface area contributed by atoms with Crippen molar-refractivity contribution in [3.05, 3.63) is 28.8 Å². The molecule has 2 aromatic rings. The Kier molecular flexibility index (Phi) is 5.17. The van der Waals surface area contributed by atoms with Gasteiger partial charge in [0.05, 0.1) is 21.3 Å². The van der Waals surface area contributed by atoms with Crippen molar-refractivity contribution in [1.82, 2.24) is 14.8 Å². The summed E-state index contributed by atoms with van der Waals surface area (Å²) in [6.45, 7) is 7.01. The molecule has 6 heteroatoms. The van der Waals surface area contributed by atoms with Crippen LogP contribution in [0.5, 0.6) is 0 Å². The monoisotopic (exact) mass is 399 g/mol. The number of thiazole rings is 1. The van der Waals surface area contributed by atoms with Crippen molar-refractivity contribution in [2.75, 3.05) is 13.1 Å². The molecule has 28 heavy (non-hydrogen) atoms. The SMILES string of the molecule is CCN(C(C)=O)[C@H]1CN(C(=O)c2ccc3nc(C)sc3c2)C2(CCCCC2)C1. The molecule has 150 valence electrons. The van der Waals surface area contributed by atoms with Crippen LogP contribution in [0.3, 0.4) is 0 Å². The maximum Gasteiger partial charge on any atom is 0.254 e. The first-order valence-corrected chi connectivity index (χ1v) is 11.2. The summed E-state index contributed by atoms with van der Waals surface area (Å²) in [7, 11) is 0. The van der Waals surface area contributed by atoms with E-state index < -0.39 is 0 Å². The molecule has 1 aliphatic heterocycles. The third kappa shape index (κ3) is 3.32. The Balaban J connectivity index is 1.67. The normalized spacial score (nSPS) is 21.4. The zero-order chi connectivity index (χ0) is 19.9. The Morgan fingerprint density at radius 3 is 2.71 bits per heavy atom. The summed E-state index contributed by atoms with van der Waals surface area (Å²) >= 11 is 1.63. The molecule has 1 aromatic heterocycles. The lowest BCUT2D eigenvalue weighted by Crippen LogP contribution is -2.48. The molecule has 1 saturated carbocycles. The molecule has 0 radical (unpaired) electrons. The van der Waals surface area contributed by atoms with Crippen molar-refractivity contribution in [3.63, 3.8) is 0 Å². The Morgan fingerprint density at radius 2 is 2.04 bits per heavy atom. The molecule has 1 saturated heterocycles. The molecule has 1 aliphatic carbocycles. The number of likely N-dealkylation sites (tertiary alicyclic amines) is 1. The highest BCUT2D eigenvalue weighted by atomic mass is 32.1. The van der Waals surface area contributed by atoms with Gasteiger partial charge in [0.1, 0.15) is 0 Å². The number of carbonyl (C=O) groups is 2. The number of rotatable bonds is 3. The summed E-state index contributed by atoms with van der Waals surface area (Å²) in [5, 5.41) is 1.02. The van der Waals surface area contributed by atoms with Gasteiger partial charge in [-0.05, 0) is 51.3 Å². The summed E-state index contributed by atoms with van der Waals surface area (Å²) in [4.78, 5) is 34.3. The first-order valence-electron chi connectivity index (χ1n) is 10.4. The van der Waals surface area contributed by atoms with Crippen molar-refractivity contribution in [2.45, 2.75) is 70.9 Å². The predicted molar refractivity (Wildman–Crippen MR) is 113 cm³/mol. The standard InChI is InChI=1S/C22H29N3O2S/c1-4-24(16(3)26)18-13-22(10-6-5-7-11-22)25(14-18)21(27)17-8-9-19-20(12-17)28-15(2)23-19/h8-9,12,18H,4-7,10-11,13-14H2,1-3H3/t18-/m1/s1. The minimum Gasteiger partial charge on any atom is -0.338 e. The van der Waals surface area contributed by atoms with Gasteiger partial charge >= 0.3 is 0 Å². The van der Waals surface area contributed by atoms with E-state index in [9.17, 15) is 9.59 Å². The summed E-state index contributed by atoms with van der Waals surface area (Å²) in [6.07, 6.45) is 6.57. The minimum absolute atomic E-state index is 0.0958. The lowest BCUT2D eigenvalue weighted by atomic mass is 9.79. The van der Waals surface area contributed by atoms with Gasteiger partial charge in [-0.15, -0.1) is 11.3 Å². The molecule has 0 unspecified atom stereocenters. The fourth-order valence-corrected chi connectivity index (χ4v) is 6.14. The average molecular weight is 400 g/mol. The van der Waals surface area contributed by atoms with Crippen molar-refractivity contribution in [1.29, 1.82) is 0 Å². The highest BCUT2D eigenvalue weighted by Gasteiger charge is 2.49. The van der Waals surface area contributed by atoms with Crippen LogP contribution < -0.4 is 0 Å². The Morgan fingerprint density at radius 1 is 1.29 bits per heavy atom. The quantitative estimate of drug-likeness (QED) is 0.769. The topological polar surface area (TPSA) is 53.5 Å². The number of hydrogen-bond donors (Lipinski definition) is 0. The van der Waals surface area contributed by atoms with Gasteiger partial charge in [-0.25, -0.2) is 4.98 Å². The largest absolute Gasteiger partial charge is 0.338 e. The first-order chi connectivity index (χ1) is 13.4. The first kappa shape index (κ1) is 19.4. The molecule has 4 rings (SSSR count). The number of amides is 2. The van der Waals surface area contributed by atoms with Gasteiger partial charge < -0.3 is 9.80 Å². The summed E-state index contributed by atoms with van der Waals surface area (Å²) in [5.74, 6) is 0.214. The molecule has 2 heterocycles. The van der Waals surface area contributed by atoms with Gasteiger partial charge in [0.15, 0.2) is 0 Å². The van der Waals surface area contributed by atoms with Crippen LogP contribution in [-0.2, 0) is 4.79 Å². The fourth-order valence-electron chi connectivity index (χ4n) is 5.28. The van der Waals surface area contributed by atoms with Crippen molar-refractivity contribution < 1.29 is 9.59 Å². The zero-order valence-electron chi connectivity index (χ0n) is 17.0. The molecule has 2 amide bonds. The van der Waals surface area contributed by atoms with Gasteiger partial charge in [0.2, 0.25) is 5.91 Å². The van der Waals surface area contributed by atoms with Crippen LogP contribution in [0.15, 0.2) is 18.2 Å². The molecular formula is C22H29N3O2S. The molecule has 5 nitrogen and oxygen atoms in total. The van der Waals surface area contributed by atoms with Gasteiger partial charge in [0.25, 0.3) is 5.91 Å². The van der Waals surface area contributed by atoms with E-state index in [0.717, 1.165) is 52.9 Å². The molecule has 2 aliphatic rings. The van der Waals surface area contributed by atoms with Crippen LogP contribution in [0, 0.1) is 6.92 Å². The van der Waals surface area contributed by atoms with E-state index in [0.29, 0.717) is 13.1 Å². The fraction of sp³-hybridized carbons (Fsp3) is 0.591. The van der Waals surface area contributed by atoms with E-state index in [4.69, 9.17) is 0 Å². The molecule has 0 bridgehead atoms. The summed E-state index contributed by atoms with van der Waals surface area (Å²) in [6, 6.07) is 5.99. The van der Waals surface area contributed by atoms with Crippen LogP contribution in [-0.4, -0.2) is 51.3 Å². The lowest BCUT2D eigenvalue weighted by molar-refractivity contribution is -0.130. The Labute approximate surface area is 170 Å². The maximum absolute atomic E-state index is 13.6. The number of nitrogens with zero attached hydrogens (tertiary/aromatic N) is 3. The number of benzene rings is 1. The van der Waals surface area contributed by atoms with E-state index in [2.05, 4.69) is 9.88 Å². The number of carbonyl (C=O) groups excluding carboxylic acids is 2. The summed E-state index contributed by atoms with van der Waals surface area (Å²) in [5.41, 5.74) is 1.61. The van der Waals surface area contributed by atoms with E-state index >= 15 is 0 Å². The van der Waals surface area contributed by atoms with Crippen molar-refractivity contribution in [3.8, 4) is 0 Å². The van der Waals surface area contributed by atoms with Crippen LogP contribution in [0.25, 0.3) is 10.2 Å². The molecule has 0 N–H and O–H groups in total. The minimum atomic E-state index is -0.0958. The third-order valence-corrected chi connectivity index (χ3v) is 7.47. The highest BCUT2D eigenvalue weighted by Crippen LogP contribution is 2.44. The molecule has 2 fully saturated rings. The number of hydrogen-bond acceptors (Lipinski definition) is 4. The van der Waals surface area contributed by atoms with Crippen LogP contribution in [0.1, 0.15) is 67.7 Å². The second kappa shape index (κ2) is 7.47. The van der Waals surface area contributed by atoms with Crippen LogP contribution in [0.4, 0.5) is 0 Å². The van der Waals surface area contributed by atoms with Crippen molar-refractivity contribution in [2.24, 2.45) is 0 Å². The molecular weight excluding hydrogens is 370 g/mol. The van der Waals surface area contributed by atoms with Gasteiger partial charge in [-0.2, -0.15) is 0 Å². The molecule has 1 atom stereocenters. The van der Waals surface area contributed by atoms with Crippen LogP contribution >= 0.6 is 11.3 Å². The average Bonchev–Trinajstić information content (AvgIpc) is 3.21. The zero-order valence-corrected chi connectivity index (χ0v) is 17.8.